The fourth-order valence-corrected chi connectivity index (χ4v) is 6.27. The molecule has 0 radical (unpaired) electrons. The second-order valence-corrected chi connectivity index (χ2v) is 16.1. The summed E-state index contributed by atoms with van der Waals surface area (Å²) in [5, 5.41) is 7.77. The molecule has 73 heavy (non-hydrogen) atoms. The van der Waals surface area contributed by atoms with Crippen molar-refractivity contribution in [3.8, 4) is 0 Å². The molecule has 1 rings (SSSR count). The van der Waals surface area contributed by atoms with Crippen LogP contribution in [0.3, 0.4) is 0 Å². The maximum atomic E-state index is 13.6. The summed E-state index contributed by atoms with van der Waals surface area (Å²) in [6, 6.07) is 0. The maximum Gasteiger partial charge on any atom is 0.407 e. The Morgan fingerprint density at radius 3 is 1.04 bits per heavy atom. The van der Waals surface area contributed by atoms with Gasteiger partial charge in [-0.2, -0.15) is 0 Å². The molecule has 1 aromatic heterocycles. The van der Waals surface area contributed by atoms with E-state index in [2.05, 4.69) is 42.3 Å². The van der Waals surface area contributed by atoms with Crippen molar-refractivity contribution in [1.29, 1.82) is 0 Å². The zero-order valence-electron chi connectivity index (χ0n) is 41.8. The van der Waals surface area contributed by atoms with Crippen LogP contribution >= 0.6 is 0 Å². The molecular weight excluding hydrogens is 965 g/mol. The second-order valence-electron chi connectivity index (χ2n) is 16.1. The number of hydrogen-bond donors (Lipinski definition) is 3. The monoisotopic (exact) mass is 1040 g/mol. The molecule has 0 aromatic carbocycles. The summed E-state index contributed by atoms with van der Waals surface area (Å²) in [5.74, 6) is -3.50. The van der Waals surface area contributed by atoms with E-state index in [4.69, 9.17) is 37.9 Å². The smallest absolute Gasteiger partial charge is 0.407 e. The molecule has 1 heterocycles. The van der Waals surface area contributed by atoms with Crippen molar-refractivity contribution in [2.75, 3.05) is 72.5 Å². The molecule has 0 saturated heterocycles. The van der Waals surface area contributed by atoms with Gasteiger partial charge in [-0.1, -0.05) is 71.8 Å². The Balaban J connectivity index is 2.87. The Labute approximate surface area is 423 Å². The first-order chi connectivity index (χ1) is 35.1. The number of esters is 5. The van der Waals surface area contributed by atoms with Gasteiger partial charge in [-0.3, -0.25) is 4.79 Å². The molecule has 408 valence electrons. The zero-order chi connectivity index (χ0) is 54.3. The molecule has 0 saturated carbocycles. The van der Waals surface area contributed by atoms with Gasteiger partial charge in [0.15, 0.2) is 0 Å². The third-order valence-corrected chi connectivity index (χ3v) is 10.3. The standard InChI is InChI=1S/C48H72N6O19/c1-6-37(55)66-29-31-68-42(60)49-23-17-11-14-20-26-52-45(63)53(27-21-15-12-18-24-50-43(61)69-32-30-67-38(56)7-2)47(65)54(46(52)64)28-22-16-13-19-25-51-44(62)73-36-48(33-70-39(57)8-3,34-71-40(58)9-4)35-72-41(59)10-5/h6-9H,1-4,10-36H2,5H3,(H,49,60)(H,50,61)(H,51,62). The lowest BCUT2D eigenvalue weighted by atomic mass is 9.92. The lowest BCUT2D eigenvalue weighted by molar-refractivity contribution is -0.161. The highest BCUT2D eigenvalue weighted by atomic mass is 16.6. The number of nitrogens with zero attached hydrogens (tertiary/aromatic N) is 3. The molecule has 1 aromatic rings. The summed E-state index contributed by atoms with van der Waals surface area (Å²) in [7, 11) is 0. The van der Waals surface area contributed by atoms with Gasteiger partial charge < -0.3 is 53.8 Å². The van der Waals surface area contributed by atoms with Gasteiger partial charge in [0.2, 0.25) is 0 Å². The molecule has 3 N–H and O–H groups in total. The Kier molecular flexibility index (Phi) is 33.3. The van der Waals surface area contributed by atoms with Gasteiger partial charge in [0.25, 0.3) is 0 Å². The highest BCUT2D eigenvalue weighted by Crippen LogP contribution is 2.22. The fraction of sp³-hybridized carbons (Fsp3) is 0.604. The van der Waals surface area contributed by atoms with E-state index in [1.807, 2.05) is 0 Å². The normalized spacial score (nSPS) is 10.6. The van der Waals surface area contributed by atoms with Crippen molar-refractivity contribution in [3.63, 3.8) is 0 Å². The Hall–Kier alpha value is -7.47. The minimum Gasteiger partial charge on any atom is -0.465 e. The molecular formula is C48H72N6O19. The van der Waals surface area contributed by atoms with E-state index in [9.17, 15) is 52.7 Å². The molecule has 0 bridgehead atoms. The first-order valence-electron chi connectivity index (χ1n) is 24.1. The molecule has 0 spiro atoms. The van der Waals surface area contributed by atoms with Crippen molar-refractivity contribution in [2.24, 2.45) is 5.41 Å². The van der Waals surface area contributed by atoms with E-state index in [0.29, 0.717) is 90.1 Å². The van der Waals surface area contributed by atoms with Crippen LogP contribution in [0.1, 0.15) is 90.4 Å². The Bertz CT molecular complexity index is 2050. The number of carbonyl (C=O) groups excluding carboxylic acids is 8. The number of ether oxygens (including phenoxy) is 8. The molecule has 0 aliphatic rings. The van der Waals surface area contributed by atoms with E-state index in [0.717, 1.165) is 38.0 Å². The van der Waals surface area contributed by atoms with E-state index in [1.165, 1.54) is 0 Å². The van der Waals surface area contributed by atoms with Crippen molar-refractivity contribution >= 4 is 48.1 Å². The zero-order valence-corrected chi connectivity index (χ0v) is 41.8. The second kappa shape index (κ2) is 38.2. The van der Waals surface area contributed by atoms with Crippen LogP contribution in [0.15, 0.2) is 65.0 Å². The molecule has 25 heteroatoms. The predicted octanol–water partition coefficient (Wildman–Crippen LogP) is 2.89. The number of amides is 3. The topological polar surface area (TPSA) is 312 Å². The average molecular weight is 1040 g/mol. The van der Waals surface area contributed by atoms with Crippen LogP contribution in [0.25, 0.3) is 0 Å². The number of carbonyl (C=O) groups is 8. The largest absolute Gasteiger partial charge is 0.465 e. The van der Waals surface area contributed by atoms with Crippen molar-refractivity contribution in [3.05, 3.63) is 82.1 Å². The van der Waals surface area contributed by atoms with Crippen LogP contribution in [0.2, 0.25) is 0 Å². The lowest BCUT2D eigenvalue weighted by Gasteiger charge is -2.31. The van der Waals surface area contributed by atoms with E-state index < -0.39 is 97.0 Å². The molecule has 0 aliphatic heterocycles. The predicted molar refractivity (Wildman–Crippen MR) is 261 cm³/mol. The molecule has 0 aliphatic carbocycles. The third-order valence-electron chi connectivity index (χ3n) is 10.3. The van der Waals surface area contributed by atoms with Crippen molar-refractivity contribution in [1.82, 2.24) is 29.7 Å². The third kappa shape index (κ3) is 28.2. The van der Waals surface area contributed by atoms with Gasteiger partial charge in [-0.25, -0.2) is 61.6 Å². The SMILES string of the molecule is C=CC(=O)OCCOC(=O)NCCCCCCn1c(=O)n(CCCCCCNC(=O)OCCOC(=O)C=C)c(=O)n(CCCCCCNC(=O)OCC(COC(=O)C=C)(COC(=O)C=C)COC(=O)CC)c1=O. The molecule has 0 unspecified atom stereocenters. The van der Waals surface area contributed by atoms with Gasteiger partial charge in [-0.05, 0) is 38.5 Å². The van der Waals surface area contributed by atoms with Crippen LogP contribution in [0.5, 0.6) is 0 Å². The highest BCUT2D eigenvalue weighted by Gasteiger charge is 2.37. The van der Waals surface area contributed by atoms with Crippen LogP contribution in [0.4, 0.5) is 14.4 Å². The molecule has 25 nitrogen and oxygen atoms in total. The van der Waals surface area contributed by atoms with Gasteiger partial charge in [0.1, 0.15) is 58.3 Å². The number of hydrogen-bond acceptors (Lipinski definition) is 19. The summed E-state index contributed by atoms with van der Waals surface area (Å²) in [5.41, 5.74) is -3.68. The number of nitrogens with one attached hydrogen (secondary N) is 3. The minimum absolute atomic E-state index is 0.0157. The summed E-state index contributed by atoms with van der Waals surface area (Å²) < 4.78 is 43.4. The molecule has 3 amide bonds. The van der Waals surface area contributed by atoms with Crippen molar-refractivity contribution in [2.45, 2.75) is 110 Å². The van der Waals surface area contributed by atoms with Crippen molar-refractivity contribution < 1.29 is 76.3 Å². The number of alkyl carbamates (subject to hydrolysis) is 3. The van der Waals surface area contributed by atoms with E-state index >= 15 is 0 Å². The average Bonchev–Trinajstić information content (AvgIpc) is 3.39. The highest BCUT2D eigenvalue weighted by molar-refractivity contribution is 5.82. The maximum absolute atomic E-state index is 13.6. The molecule has 0 fully saturated rings. The van der Waals surface area contributed by atoms with Gasteiger partial charge in [0.05, 0.1) is 0 Å². The summed E-state index contributed by atoms with van der Waals surface area (Å²) in [4.78, 5) is 135. The van der Waals surface area contributed by atoms with E-state index in [1.54, 1.807) is 6.92 Å². The molecule has 0 atom stereocenters. The minimum atomic E-state index is -1.46. The van der Waals surface area contributed by atoms with Crippen LogP contribution < -0.4 is 33.0 Å². The van der Waals surface area contributed by atoms with E-state index in [-0.39, 0.29) is 59.0 Å². The van der Waals surface area contributed by atoms with Crippen LogP contribution in [0, 0.1) is 5.41 Å². The summed E-state index contributed by atoms with van der Waals surface area (Å²) in [6.45, 7) is 13.3. The van der Waals surface area contributed by atoms with Crippen LogP contribution in [-0.4, -0.2) is 134 Å². The summed E-state index contributed by atoms with van der Waals surface area (Å²) >= 11 is 0. The first-order valence-corrected chi connectivity index (χ1v) is 24.1. The Morgan fingerprint density at radius 2 is 0.699 bits per heavy atom. The van der Waals surface area contributed by atoms with Gasteiger partial charge in [-0.15, -0.1) is 0 Å². The fourth-order valence-electron chi connectivity index (χ4n) is 6.27. The first kappa shape index (κ1) is 63.5. The number of aromatic nitrogens is 3. The Morgan fingerprint density at radius 1 is 0.411 bits per heavy atom. The summed E-state index contributed by atoms with van der Waals surface area (Å²) in [6.07, 6.45) is 8.02. The van der Waals surface area contributed by atoms with Crippen LogP contribution in [-0.2, 0) is 81.5 Å². The number of rotatable bonds is 40. The van der Waals surface area contributed by atoms with Gasteiger partial charge in [0, 0.05) is 70.0 Å². The van der Waals surface area contributed by atoms with Gasteiger partial charge >= 0.3 is 65.2 Å². The quantitative estimate of drug-likeness (QED) is 0.0368. The lowest BCUT2D eigenvalue weighted by Crippen LogP contribution is -2.54. The number of unbranched alkanes of at least 4 members (excludes halogenated alkanes) is 9.